The van der Waals surface area contributed by atoms with Crippen LogP contribution in [0, 0.1) is 0 Å². The Morgan fingerprint density at radius 3 is 2.25 bits per heavy atom. The Labute approximate surface area is 133 Å². The number of aromatic amines is 2. The summed E-state index contributed by atoms with van der Waals surface area (Å²) in [7, 11) is 0. The summed E-state index contributed by atoms with van der Waals surface area (Å²) in [4.78, 5) is 49.4. The molecule has 0 spiro atoms. The van der Waals surface area contributed by atoms with E-state index in [2.05, 4.69) is 10.2 Å². The summed E-state index contributed by atoms with van der Waals surface area (Å²) in [6.45, 7) is 0. The van der Waals surface area contributed by atoms with Gasteiger partial charge in [0.25, 0.3) is 22.9 Å². The van der Waals surface area contributed by atoms with Crippen molar-refractivity contribution in [3.05, 3.63) is 68.2 Å². The maximum Gasteiger partial charge on any atom is 0.270 e. The molecule has 24 heavy (non-hydrogen) atoms. The van der Waals surface area contributed by atoms with E-state index < -0.39 is 22.9 Å². The number of rotatable bonds is 1. The summed E-state index contributed by atoms with van der Waals surface area (Å²) >= 11 is 0. The lowest BCUT2D eigenvalue weighted by Crippen LogP contribution is -2.29. The number of nitrogens with one attached hydrogen (secondary N) is 2. The molecule has 0 unspecified atom stereocenters. The number of phenolic OH excluding ortho intramolecular Hbond substituents is 1. The highest BCUT2D eigenvalue weighted by Crippen LogP contribution is 2.33. The minimum atomic E-state index is -0.686. The molecule has 4 rings (SSSR count). The van der Waals surface area contributed by atoms with Crippen LogP contribution in [0.2, 0.25) is 0 Å². The fraction of sp³-hybridized carbons (Fsp3) is 0. The minimum Gasteiger partial charge on any atom is -0.507 e. The Bertz CT molecular complexity index is 1160. The van der Waals surface area contributed by atoms with Crippen molar-refractivity contribution in [3.63, 3.8) is 0 Å². The maximum atomic E-state index is 12.5. The van der Waals surface area contributed by atoms with E-state index in [1.165, 1.54) is 36.4 Å². The second-order valence-corrected chi connectivity index (χ2v) is 5.28. The van der Waals surface area contributed by atoms with Crippen LogP contribution in [-0.4, -0.2) is 27.1 Å². The summed E-state index contributed by atoms with van der Waals surface area (Å²) in [5, 5.41) is 14.4. The first-order valence-electron chi connectivity index (χ1n) is 6.94. The standard InChI is InChI=1S/C16H9N3O5/c20-11-3-1-2-9-12(11)16(24)19(15(9)23)7-4-5-8-10(6-7)14(22)18-17-13(8)21/h1-6,20H,(H,17,21)(H,18,22). The molecule has 2 aromatic carbocycles. The molecule has 8 heteroatoms. The van der Waals surface area contributed by atoms with Crippen LogP contribution in [-0.2, 0) is 0 Å². The summed E-state index contributed by atoms with van der Waals surface area (Å²) in [5.74, 6) is -1.58. The molecule has 2 amide bonds. The fourth-order valence-electron chi connectivity index (χ4n) is 2.81. The molecular formula is C16H9N3O5. The van der Waals surface area contributed by atoms with E-state index in [9.17, 15) is 24.3 Å². The second kappa shape index (κ2) is 4.66. The van der Waals surface area contributed by atoms with Crippen LogP contribution >= 0.6 is 0 Å². The Hall–Kier alpha value is -3.68. The van der Waals surface area contributed by atoms with E-state index in [-0.39, 0.29) is 33.3 Å². The van der Waals surface area contributed by atoms with Crippen molar-refractivity contribution in [2.24, 2.45) is 0 Å². The summed E-state index contributed by atoms with van der Waals surface area (Å²) in [6.07, 6.45) is 0. The van der Waals surface area contributed by atoms with Crippen molar-refractivity contribution in [1.82, 2.24) is 10.2 Å². The van der Waals surface area contributed by atoms with Gasteiger partial charge >= 0.3 is 0 Å². The van der Waals surface area contributed by atoms with Crippen LogP contribution in [0.4, 0.5) is 5.69 Å². The van der Waals surface area contributed by atoms with E-state index in [0.29, 0.717) is 0 Å². The highest BCUT2D eigenvalue weighted by atomic mass is 16.3. The molecule has 1 aromatic heterocycles. The number of imide groups is 1. The first kappa shape index (κ1) is 13.9. The maximum absolute atomic E-state index is 12.5. The monoisotopic (exact) mass is 323 g/mol. The van der Waals surface area contributed by atoms with Crippen molar-refractivity contribution < 1.29 is 14.7 Å². The van der Waals surface area contributed by atoms with Gasteiger partial charge in [0.15, 0.2) is 0 Å². The van der Waals surface area contributed by atoms with Gasteiger partial charge in [0.2, 0.25) is 0 Å². The number of anilines is 1. The minimum absolute atomic E-state index is 0.0528. The predicted molar refractivity (Wildman–Crippen MR) is 84.4 cm³/mol. The SMILES string of the molecule is O=C1c2cccc(O)c2C(=O)N1c1ccc2c(=O)[nH][nH]c(=O)c2c1. The topological polar surface area (TPSA) is 123 Å². The van der Waals surface area contributed by atoms with Crippen LogP contribution < -0.4 is 16.0 Å². The number of hydrogen-bond donors (Lipinski definition) is 3. The lowest BCUT2D eigenvalue weighted by Gasteiger charge is -2.14. The number of aromatic hydroxyl groups is 1. The molecule has 0 atom stereocenters. The predicted octanol–water partition coefficient (Wildman–Crippen LogP) is 0.723. The zero-order valence-corrected chi connectivity index (χ0v) is 12.0. The second-order valence-electron chi connectivity index (χ2n) is 5.28. The number of hydrogen-bond acceptors (Lipinski definition) is 5. The lowest BCUT2D eigenvalue weighted by atomic mass is 10.1. The number of phenols is 1. The average molecular weight is 323 g/mol. The third-order valence-corrected chi connectivity index (χ3v) is 3.93. The van der Waals surface area contributed by atoms with E-state index >= 15 is 0 Å². The van der Waals surface area contributed by atoms with Gasteiger partial charge < -0.3 is 5.11 Å². The van der Waals surface area contributed by atoms with Gasteiger partial charge in [0.05, 0.1) is 27.6 Å². The van der Waals surface area contributed by atoms with Gasteiger partial charge in [-0.15, -0.1) is 0 Å². The molecule has 0 saturated carbocycles. The third-order valence-electron chi connectivity index (χ3n) is 3.93. The van der Waals surface area contributed by atoms with Gasteiger partial charge in [-0.1, -0.05) is 6.07 Å². The molecule has 8 nitrogen and oxygen atoms in total. The first-order valence-corrected chi connectivity index (χ1v) is 6.94. The van der Waals surface area contributed by atoms with Crippen LogP contribution in [0.5, 0.6) is 5.75 Å². The number of benzene rings is 2. The van der Waals surface area contributed by atoms with E-state index in [0.717, 1.165) is 4.90 Å². The van der Waals surface area contributed by atoms with Crippen LogP contribution in [0.1, 0.15) is 20.7 Å². The Balaban J connectivity index is 1.94. The normalized spacial score (nSPS) is 13.6. The summed E-state index contributed by atoms with van der Waals surface area (Å²) in [6, 6.07) is 8.28. The van der Waals surface area contributed by atoms with E-state index in [1.54, 1.807) is 0 Å². The van der Waals surface area contributed by atoms with Gasteiger partial charge in [-0.05, 0) is 30.3 Å². The van der Waals surface area contributed by atoms with Crippen molar-refractivity contribution in [3.8, 4) is 5.75 Å². The van der Waals surface area contributed by atoms with Gasteiger partial charge in [0, 0.05) is 0 Å². The van der Waals surface area contributed by atoms with E-state index in [4.69, 9.17) is 0 Å². The van der Waals surface area contributed by atoms with Gasteiger partial charge in [-0.25, -0.2) is 4.90 Å². The number of fused-ring (bicyclic) bond motifs is 2. The smallest absolute Gasteiger partial charge is 0.270 e. The number of carbonyl (C=O) groups is 2. The quantitative estimate of drug-likeness (QED) is 0.569. The Morgan fingerprint density at radius 2 is 1.54 bits per heavy atom. The molecular weight excluding hydrogens is 314 g/mol. The van der Waals surface area contributed by atoms with Crippen molar-refractivity contribution in [1.29, 1.82) is 0 Å². The number of nitrogens with zero attached hydrogens (tertiary/aromatic N) is 1. The summed E-state index contributed by atoms with van der Waals surface area (Å²) < 4.78 is 0. The van der Waals surface area contributed by atoms with Crippen molar-refractivity contribution >= 4 is 28.3 Å². The fourth-order valence-corrected chi connectivity index (χ4v) is 2.81. The number of amides is 2. The molecule has 0 radical (unpaired) electrons. The number of carbonyl (C=O) groups excluding carboxylic acids is 2. The summed E-state index contributed by atoms with van der Waals surface area (Å²) in [5.41, 5.74) is -0.895. The molecule has 2 heterocycles. The first-order chi connectivity index (χ1) is 11.5. The molecule has 3 N–H and O–H groups in total. The molecule has 1 aliphatic heterocycles. The molecule has 0 aliphatic carbocycles. The van der Waals surface area contributed by atoms with Gasteiger partial charge in [0.1, 0.15) is 5.75 Å². The Morgan fingerprint density at radius 1 is 0.833 bits per heavy atom. The van der Waals surface area contributed by atoms with Gasteiger partial charge in [-0.2, -0.15) is 0 Å². The zero-order chi connectivity index (χ0) is 17.0. The van der Waals surface area contributed by atoms with E-state index in [1.807, 2.05) is 0 Å². The van der Waals surface area contributed by atoms with Crippen molar-refractivity contribution in [2.75, 3.05) is 4.90 Å². The molecule has 0 saturated heterocycles. The molecule has 0 bridgehead atoms. The zero-order valence-electron chi connectivity index (χ0n) is 12.0. The molecule has 0 fully saturated rings. The molecule has 3 aromatic rings. The number of H-pyrrole nitrogens is 2. The van der Waals surface area contributed by atoms with Crippen LogP contribution in [0.25, 0.3) is 10.8 Å². The van der Waals surface area contributed by atoms with Crippen LogP contribution in [0.15, 0.2) is 46.0 Å². The van der Waals surface area contributed by atoms with Crippen LogP contribution in [0.3, 0.4) is 0 Å². The number of aromatic nitrogens is 2. The van der Waals surface area contributed by atoms with Gasteiger partial charge in [-0.3, -0.25) is 29.4 Å². The lowest BCUT2D eigenvalue weighted by molar-refractivity contribution is 0.0925. The Kier molecular flexibility index (Phi) is 2.71. The highest BCUT2D eigenvalue weighted by molar-refractivity contribution is 6.35. The van der Waals surface area contributed by atoms with Crippen molar-refractivity contribution in [2.45, 2.75) is 0 Å². The largest absolute Gasteiger partial charge is 0.507 e. The molecule has 118 valence electrons. The molecule has 1 aliphatic rings. The average Bonchev–Trinajstić information content (AvgIpc) is 2.83. The third kappa shape index (κ3) is 1.73. The highest BCUT2D eigenvalue weighted by Gasteiger charge is 2.38.